The molecule has 2 rings (SSSR count). The summed E-state index contributed by atoms with van der Waals surface area (Å²) in [6, 6.07) is 2.32. The van der Waals surface area contributed by atoms with Crippen molar-refractivity contribution in [1.29, 1.82) is 0 Å². The predicted molar refractivity (Wildman–Crippen MR) is 76.7 cm³/mol. The molecule has 0 spiro atoms. The van der Waals surface area contributed by atoms with E-state index >= 15 is 0 Å². The standard InChI is InChI=1S/C13H14F3N3O3S/c1-8-3-12(22-2)10(14)4-11(8)18-23(20,21)9-5-17-19(6-9)7-13(15)16/h3-6,13,18H,7H2,1-2H3. The maximum Gasteiger partial charge on any atom is 0.265 e. The van der Waals surface area contributed by atoms with Gasteiger partial charge in [-0.05, 0) is 18.6 Å². The van der Waals surface area contributed by atoms with Crippen LogP contribution < -0.4 is 9.46 Å². The first-order valence-electron chi connectivity index (χ1n) is 6.40. The van der Waals surface area contributed by atoms with Crippen LogP contribution in [-0.2, 0) is 16.6 Å². The number of alkyl halides is 2. The molecule has 0 aliphatic rings. The minimum absolute atomic E-state index is 0.0183. The molecule has 0 bridgehead atoms. The van der Waals surface area contributed by atoms with Gasteiger partial charge in [-0.1, -0.05) is 0 Å². The van der Waals surface area contributed by atoms with Gasteiger partial charge in [0.05, 0.1) is 19.0 Å². The van der Waals surface area contributed by atoms with Gasteiger partial charge in [0, 0.05) is 12.3 Å². The number of aryl methyl sites for hydroxylation is 1. The lowest BCUT2D eigenvalue weighted by molar-refractivity contribution is 0.121. The van der Waals surface area contributed by atoms with Gasteiger partial charge in [0.2, 0.25) is 0 Å². The summed E-state index contributed by atoms with van der Waals surface area (Å²) in [5.74, 6) is -0.751. The summed E-state index contributed by atoms with van der Waals surface area (Å²) in [6.45, 7) is 0.853. The van der Waals surface area contributed by atoms with Gasteiger partial charge >= 0.3 is 0 Å². The summed E-state index contributed by atoms with van der Waals surface area (Å²) in [4.78, 5) is -0.297. The Balaban J connectivity index is 2.28. The van der Waals surface area contributed by atoms with Gasteiger partial charge in [-0.3, -0.25) is 9.40 Å². The second-order valence-electron chi connectivity index (χ2n) is 4.70. The van der Waals surface area contributed by atoms with Crippen LogP contribution in [0.1, 0.15) is 5.56 Å². The molecule has 6 nitrogen and oxygen atoms in total. The van der Waals surface area contributed by atoms with Crippen LogP contribution in [-0.4, -0.2) is 31.7 Å². The Morgan fingerprint density at radius 3 is 2.70 bits per heavy atom. The number of rotatable bonds is 6. The average molecular weight is 349 g/mol. The normalized spacial score (nSPS) is 11.7. The van der Waals surface area contributed by atoms with E-state index in [2.05, 4.69) is 9.82 Å². The topological polar surface area (TPSA) is 73.2 Å². The smallest absolute Gasteiger partial charge is 0.265 e. The lowest BCUT2D eigenvalue weighted by Crippen LogP contribution is -2.14. The molecule has 0 saturated heterocycles. The van der Waals surface area contributed by atoms with E-state index < -0.39 is 28.8 Å². The third kappa shape index (κ3) is 3.95. The fraction of sp³-hybridized carbons (Fsp3) is 0.308. The van der Waals surface area contributed by atoms with E-state index in [0.717, 1.165) is 23.1 Å². The number of aromatic nitrogens is 2. The average Bonchev–Trinajstić information content (AvgIpc) is 2.90. The summed E-state index contributed by atoms with van der Waals surface area (Å²) in [5, 5.41) is 3.56. The van der Waals surface area contributed by atoms with E-state index in [1.54, 1.807) is 6.92 Å². The number of benzene rings is 1. The largest absolute Gasteiger partial charge is 0.494 e. The lowest BCUT2D eigenvalue weighted by Gasteiger charge is -2.11. The first-order valence-corrected chi connectivity index (χ1v) is 7.89. The Kier molecular flexibility index (Phi) is 4.83. The number of methoxy groups -OCH3 is 1. The molecule has 0 aliphatic heterocycles. The Bertz CT molecular complexity index is 806. The van der Waals surface area contributed by atoms with Gasteiger partial charge < -0.3 is 4.74 Å². The first-order chi connectivity index (χ1) is 10.7. The van der Waals surface area contributed by atoms with Crippen LogP contribution in [0, 0.1) is 12.7 Å². The molecule has 126 valence electrons. The molecule has 1 aromatic carbocycles. The molecule has 0 radical (unpaired) electrons. The van der Waals surface area contributed by atoms with E-state index in [9.17, 15) is 21.6 Å². The van der Waals surface area contributed by atoms with Crippen molar-refractivity contribution in [2.24, 2.45) is 0 Å². The van der Waals surface area contributed by atoms with Crippen molar-refractivity contribution in [3.8, 4) is 5.75 Å². The molecule has 1 heterocycles. The molecule has 1 N–H and O–H groups in total. The highest BCUT2D eigenvalue weighted by Gasteiger charge is 2.19. The molecule has 2 aromatic rings. The molecule has 0 atom stereocenters. The molecule has 23 heavy (non-hydrogen) atoms. The van der Waals surface area contributed by atoms with E-state index in [-0.39, 0.29) is 16.3 Å². The number of nitrogens with zero attached hydrogens (tertiary/aromatic N) is 2. The van der Waals surface area contributed by atoms with Gasteiger partial charge in [0.1, 0.15) is 11.4 Å². The highest BCUT2D eigenvalue weighted by Crippen LogP contribution is 2.27. The molecule has 0 aliphatic carbocycles. The molecular weight excluding hydrogens is 335 g/mol. The van der Waals surface area contributed by atoms with E-state index in [1.165, 1.54) is 13.2 Å². The Labute approximate surface area is 130 Å². The second kappa shape index (κ2) is 6.49. The first kappa shape index (κ1) is 17.1. The van der Waals surface area contributed by atoms with Gasteiger partial charge in [-0.15, -0.1) is 0 Å². The van der Waals surface area contributed by atoms with Gasteiger partial charge in [0.15, 0.2) is 11.6 Å². The molecule has 0 amide bonds. The number of halogens is 3. The Morgan fingerprint density at radius 2 is 2.09 bits per heavy atom. The van der Waals surface area contributed by atoms with E-state index in [1.807, 2.05) is 0 Å². The van der Waals surface area contributed by atoms with Crippen molar-refractivity contribution >= 4 is 15.7 Å². The quantitative estimate of drug-likeness (QED) is 0.869. The summed E-state index contributed by atoms with van der Waals surface area (Å²) in [5.41, 5.74) is 0.455. The molecule has 1 aromatic heterocycles. The van der Waals surface area contributed by atoms with Gasteiger partial charge in [-0.25, -0.2) is 21.6 Å². The van der Waals surface area contributed by atoms with Crippen LogP contribution in [0.15, 0.2) is 29.4 Å². The summed E-state index contributed by atoms with van der Waals surface area (Å²) < 4.78 is 70.5. The Hall–Kier alpha value is -2.23. The lowest BCUT2D eigenvalue weighted by atomic mass is 10.2. The Morgan fingerprint density at radius 1 is 1.39 bits per heavy atom. The number of sulfonamides is 1. The number of hydrogen-bond acceptors (Lipinski definition) is 4. The third-order valence-corrected chi connectivity index (χ3v) is 4.31. The van der Waals surface area contributed by atoms with Crippen molar-refractivity contribution in [1.82, 2.24) is 9.78 Å². The van der Waals surface area contributed by atoms with Gasteiger partial charge in [-0.2, -0.15) is 5.10 Å². The van der Waals surface area contributed by atoms with Crippen LogP contribution in [0.2, 0.25) is 0 Å². The molecule has 0 saturated carbocycles. The monoisotopic (exact) mass is 349 g/mol. The fourth-order valence-corrected chi connectivity index (χ4v) is 2.92. The van der Waals surface area contributed by atoms with Crippen molar-refractivity contribution in [2.75, 3.05) is 11.8 Å². The second-order valence-corrected chi connectivity index (χ2v) is 6.38. The maximum atomic E-state index is 13.7. The van der Waals surface area contributed by atoms with Gasteiger partial charge in [0.25, 0.3) is 16.4 Å². The van der Waals surface area contributed by atoms with Crippen LogP contribution >= 0.6 is 0 Å². The number of ether oxygens (including phenoxy) is 1. The molecule has 0 unspecified atom stereocenters. The van der Waals surface area contributed by atoms with E-state index in [4.69, 9.17) is 4.74 Å². The molecule has 0 fully saturated rings. The number of anilines is 1. The van der Waals surface area contributed by atoms with Crippen LogP contribution in [0.25, 0.3) is 0 Å². The molecule has 10 heteroatoms. The van der Waals surface area contributed by atoms with Crippen molar-refractivity contribution in [2.45, 2.75) is 24.8 Å². The van der Waals surface area contributed by atoms with Crippen molar-refractivity contribution in [3.05, 3.63) is 35.9 Å². The SMILES string of the molecule is COc1cc(C)c(NS(=O)(=O)c2cnn(CC(F)F)c2)cc1F. The van der Waals surface area contributed by atoms with Crippen LogP contribution in [0.3, 0.4) is 0 Å². The summed E-state index contributed by atoms with van der Waals surface area (Å²) >= 11 is 0. The zero-order chi connectivity index (χ0) is 17.2. The minimum Gasteiger partial charge on any atom is -0.494 e. The highest BCUT2D eigenvalue weighted by atomic mass is 32.2. The summed E-state index contributed by atoms with van der Waals surface area (Å²) in [6.07, 6.45) is -0.736. The fourth-order valence-electron chi connectivity index (χ4n) is 1.85. The highest BCUT2D eigenvalue weighted by molar-refractivity contribution is 7.92. The predicted octanol–water partition coefficient (Wildman–Crippen LogP) is 2.41. The van der Waals surface area contributed by atoms with Crippen LogP contribution in [0.4, 0.5) is 18.9 Å². The number of hydrogen-bond donors (Lipinski definition) is 1. The van der Waals surface area contributed by atoms with Crippen molar-refractivity contribution < 1.29 is 26.3 Å². The van der Waals surface area contributed by atoms with Crippen LogP contribution in [0.5, 0.6) is 5.75 Å². The zero-order valence-corrected chi connectivity index (χ0v) is 13.1. The zero-order valence-electron chi connectivity index (χ0n) is 12.3. The van der Waals surface area contributed by atoms with Crippen molar-refractivity contribution in [3.63, 3.8) is 0 Å². The third-order valence-electron chi connectivity index (χ3n) is 2.99. The van der Waals surface area contributed by atoms with E-state index in [0.29, 0.717) is 5.56 Å². The number of nitrogens with one attached hydrogen (secondary N) is 1. The minimum atomic E-state index is -4.07. The maximum absolute atomic E-state index is 13.7. The molecular formula is C13H14F3N3O3S. The summed E-state index contributed by atoms with van der Waals surface area (Å²) in [7, 11) is -2.78.